The normalized spacial score (nSPS) is 13.1. The van der Waals surface area contributed by atoms with Gasteiger partial charge in [0.2, 0.25) is 0 Å². The van der Waals surface area contributed by atoms with Crippen molar-refractivity contribution in [2.75, 3.05) is 0 Å². The van der Waals surface area contributed by atoms with Crippen molar-refractivity contribution in [3.8, 4) is 0 Å². The molecule has 3 atom stereocenters. The summed E-state index contributed by atoms with van der Waals surface area (Å²) in [5, 5.41) is 6.18. The molecule has 0 fully saturated rings. The van der Waals surface area contributed by atoms with Crippen molar-refractivity contribution >= 4 is 40.5 Å². The Labute approximate surface area is 269 Å². The summed E-state index contributed by atoms with van der Waals surface area (Å²) in [6, 6.07) is 55.7. The highest BCUT2D eigenvalue weighted by molar-refractivity contribution is 7.85. The lowest BCUT2D eigenvalue weighted by Crippen LogP contribution is -2.37. The molecular formula is C40H34NO2PS. The zero-order valence-electron chi connectivity index (χ0n) is 25.0. The first-order valence-electron chi connectivity index (χ1n) is 15.0. The van der Waals surface area contributed by atoms with E-state index in [0.29, 0.717) is 5.56 Å². The van der Waals surface area contributed by atoms with Gasteiger partial charge in [0.05, 0.1) is 22.1 Å². The summed E-state index contributed by atoms with van der Waals surface area (Å²) >= 11 is 0. The van der Waals surface area contributed by atoms with Gasteiger partial charge in [0.25, 0.3) is 5.91 Å². The van der Waals surface area contributed by atoms with Crippen molar-refractivity contribution in [2.45, 2.75) is 23.1 Å². The minimum Gasteiger partial charge on any atom is -0.344 e. The predicted octanol–water partition coefficient (Wildman–Crippen LogP) is 7.77. The van der Waals surface area contributed by atoms with Crippen LogP contribution in [-0.2, 0) is 10.8 Å². The molecule has 1 N–H and O–H groups in total. The summed E-state index contributed by atoms with van der Waals surface area (Å²) in [6.07, 6.45) is 0. The third-order valence-electron chi connectivity index (χ3n) is 7.84. The lowest BCUT2D eigenvalue weighted by atomic mass is 9.97. The third kappa shape index (κ3) is 6.88. The van der Waals surface area contributed by atoms with E-state index in [2.05, 4.69) is 35.6 Å². The Morgan fingerprint density at radius 1 is 0.578 bits per heavy atom. The Bertz CT molecular complexity index is 1840. The Hall–Kier alpha value is -4.63. The van der Waals surface area contributed by atoms with E-state index in [-0.39, 0.29) is 5.91 Å². The molecule has 1 unspecified atom stereocenters. The van der Waals surface area contributed by atoms with E-state index in [4.69, 9.17) is 0 Å². The zero-order chi connectivity index (χ0) is 31.0. The van der Waals surface area contributed by atoms with Gasteiger partial charge < -0.3 is 5.32 Å². The van der Waals surface area contributed by atoms with Crippen LogP contribution in [0, 0.1) is 6.92 Å². The Kier molecular flexibility index (Phi) is 9.75. The average molecular weight is 624 g/mol. The molecule has 1 amide bonds. The van der Waals surface area contributed by atoms with Gasteiger partial charge in [-0.15, -0.1) is 0 Å². The van der Waals surface area contributed by atoms with Crippen molar-refractivity contribution < 1.29 is 9.00 Å². The largest absolute Gasteiger partial charge is 0.344 e. The molecule has 0 aliphatic heterocycles. The summed E-state index contributed by atoms with van der Waals surface area (Å²) in [6.45, 7) is 1.98. The number of aryl methyl sites for hydroxylation is 1. The molecule has 0 aromatic heterocycles. The van der Waals surface area contributed by atoms with E-state index in [1.165, 1.54) is 10.6 Å². The number of carbonyl (C=O) groups is 1. The number of benzene rings is 6. The van der Waals surface area contributed by atoms with Crippen LogP contribution in [0.2, 0.25) is 0 Å². The van der Waals surface area contributed by atoms with E-state index >= 15 is 0 Å². The highest BCUT2D eigenvalue weighted by Crippen LogP contribution is 2.39. The van der Waals surface area contributed by atoms with Gasteiger partial charge in [-0.3, -0.25) is 9.00 Å². The highest BCUT2D eigenvalue weighted by Gasteiger charge is 2.34. The number of carbonyl (C=O) groups excluding carboxylic acids is 1. The number of rotatable bonds is 10. The molecule has 0 bridgehead atoms. The van der Waals surface area contributed by atoms with Crippen LogP contribution in [0.15, 0.2) is 175 Å². The third-order valence-corrected chi connectivity index (χ3v) is 12.2. The van der Waals surface area contributed by atoms with Gasteiger partial charge in [-0.2, -0.15) is 0 Å². The van der Waals surface area contributed by atoms with Crippen LogP contribution in [0.1, 0.15) is 38.3 Å². The summed E-state index contributed by atoms with van der Waals surface area (Å²) in [7, 11) is -2.48. The maximum absolute atomic E-state index is 14.6. The number of hydrogen-bond donors (Lipinski definition) is 1. The van der Waals surface area contributed by atoms with Crippen LogP contribution in [0.3, 0.4) is 0 Å². The SMILES string of the molecule is Cc1ccccc1S(=O)[C@H](c1ccccc1)[C@@H](NC(=O)c1ccccc1P(c1ccccc1)c1ccccc1)c1ccccc1. The molecule has 0 saturated carbocycles. The average Bonchev–Trinajstić information content (AvgIpc) is 3.10. The maximum atomic E-state index is 14.6. The van der Waals surface area contributed by atoms with Crippen molar-refractivity contribution in [3.63, 3.8) is 0 Å². The van der Waals surface area contributed by atoms with Crippen molar-refractivity contribution in [1.29, 1.82) is 0 Å². The van der Waals surface area contributed by atoms with Crippen LogP contribution in [0.4, 0.5) is 0 Å². The maximum Gasteiger partial charge on any atom is 0.252 e. The van der Waals surface area contributed by atoms with Crippen molar-refractivity contribution in [1.82, 2.24) is 5.32 Å². The highest BCUT2D eigenvalue weighted by atomic mass is 32.2. The summed E-state index contributed by atoms with van der Waals surface area (Å²) in [5.41, 5.74) is 3.37. The summed E-state index contributed by atoms with van der Waals surface area (Å²) in [5.74, 6) is -0.193. The Morgan fingerprint density at radius 3 is 1.62 bits per heavy atom. The minimum absolute atomic E-state index is 0.193. The number of hydrogen-bond acceptors (Lipinski definition) is 2. The van der Waals surface area contributed by atoms with E-state index in [1.54, 1.807) is 0 Å². The van der Waals surface area contributed by atoms with E-state index in [0.717, 1.165) is 26.9 Å². The van der Waals surface area contributed by atoms with Gasteiger partial charge in [0.15, 0.2) is 0 Å². The molecule has 6 aromatic carbocycles. The molecule has 0 radical (unpaired) electrons. The molecule has 6 rings (SSSR count). The molecule has 6 aromatic rings. The molecule has 0 saturated heterocycles. The van der Waals surface area contributed by atoms with Crippen LogP contribution in [-0.4, -0.2) is 10.1 Å². The van der Waals surface area contributed by atoms with Gasteiger partial charge in [0.1, 0.15) is 0 Å². The fourth-order valence-corrected chi connectivity index (χ4v) is 9.85. The van der Waals surface area contributed by atoms with Gasteiger partial charge in [-0.25, -0.2) is 0 Å². The second-order valence-electron chi connectivity index (χ2n) is 10.8. The lowest BCUT2D eigenvalue weighted by molar-refractivity contribution is 0.0937. The van der Waals surface area contributed by atoms with Gasteiger partial charge in [-0.05, 0) is 59.6 Å². The van der Waals surface area contributed by atoms with Gasteiger partial charge >= 0.3 is 0 Å². The molecule has 0 aliphatic carbocycles. The Balaban J connectivity index is 1.46. The quantitative estimate of drug-likeness (QED) is 0.159. The lowest BCUT2D eigenvalue weighted by Gasteiger charge is -2.30. The number of amides is 1. The van der Waals surface area contributed by atoms with Gasteiger partial charge in [-0.1, -0.05) is 158 Å². The first kappa shape index (κ1) is 30.4. The molecule has 0 heterocycles. The molecular weight excluding hydrogens is 589 g/mol. The molecule has 0 spiro atoms. The van der Waals surface area contributed by atoms with Crippen LogP contribution < -0.4 is 21.2 Å². The van der Waals surface area contributed by atoms with Gasteiger partial charge in [0, 0.05) is 10.5 Å². The molecule has 222 valence electrons. The first-order chi connectivity index (χ1) is 22.1. The molecule has 5 heteroatoms. The monoisotopic (exact) mass is 623 g/mol. The topological polar surface area (TPSA) is 46.2 Å². The molecule has 45 heavy (non-hydrogen) atoms. The van der Waals surface area contributed by atoms with Crippen molar-refractivity contribution in [2.24, 2.45) is 0 Å². The number of nitrogens with one attached hydrogen (secondary N) is 1. The summed E-state index contributed by atoms with van der Waals surface area (Å²) < 4.78 is 14.6. The minimum atomic E-state index is -1.47. The first-order valence-corrected chi connectivity index (χ1v) is 17.5. The fourth-order valence-electron chi connectivity index (χ4n) is 5.66. The summed E-state index contributed by atoms with van der Waals surface area (Å²) in [4.78, 5) is 15.3. The smallest absolute Gasteiger partial charge is 0.252 e. The van der Waals surface area contributed by atoms with Crippen LogP contribution in [0.25, 0.3) is 0 Å². The molecule has 0 aliphatic rings. The van der Waals surface area contributed by atoms with E-state index < -0.39 is 30.0 Å². The van der Waals surface area contributed by atoms with E-state index in [9.17, 15) is 9.00 Å². The second kappa shape index (κ2) is 14.4. The second-order valence-corrected chi connectivity index (χ2v) is 14.5. The molecule has 3 nitrogen and oxygen atoms in total. The van der Waals surface area contributed by atoms with Crippen LogP contribution >= 0.6 is 7.92 Å². The predicted molar refractivity (Wildman–Crippen MR) is 189 cm³/mol. The fraction of sp³-hybridized carbons (Fsp3) is 0.0750. The van der Waals surface area contributed by atoms with Crippen molar-refractivity contribution in [3.05, 3.63) is 192 Å². The van der Waals surface area contributed by atoms with Crippen LogP contribution in [0.5, 0.6) is 0 Å². The zero-order valence-corrected chi connectivity index (χ0v) is 26.7. The Morgan fingerprint density at radius 2 is 1.04 bits per heavy atom. The van der Waals surface area contributed by atoms with E-state index in [1.807, 2.05) is 146 Å². The standard InChI is InChI=1S/C40H34NO2PS/c1-30-18-14-17-29-37(30)45(43)39(32-21-8-3-9-22-32)38(31-19-6-2-7-20-31)41-40(42)35-27-15-16-28-36(35)44(33-23-10-4-11-24-33)34-25-12-5-13-26-34/h2-29,38-39H,1H3,(H,41,42)/t38-,39+,45?/m0/s1.